The fourth-order valence-electron chi connectivity index (χ4n) is 2.41. The molecule has 7 unspecified atom stereocenters. The van der Waals surface area contributed by atoms with E-state index in [4.69, 9.17) is 15.2 Å². The number of nitrogens with zero attached hydrogens (tertiary/aromatic N) is 2. The Hall–Kier alpha value is -1.19. The Labute approximate surface area is 109 Å². The van der Waals surface area contributed by atoms with Crippen LogP contribution in [0.1, 0.15) is 6.92 Å². The van der Waals surface area contributed by atoms with Crippen molar-refractivity contribution in [3.8, 4) is 0 Å². The van der Waals surface area contributed by atoms with Gasteiger partial charge >= 0.3 is 0 Å². The summed E-state index contributed by atoms with van der Waals surface area (Å²) in [5.41, 5.74) is 5.61. The van der Waals surface area contributed by atoms with Gasteiger partial charge < -0.3 is 35.4 Å². The van der Waals surface area contributed by atoms with Crippen LogP contribution in [-0.4, -0.2) is 69.2 Å². The number of amidine groups is 1. The third-order valence-corrected chi connectivity index (χ3v) is 3.48. The maximum Gasteiger partial charge on any atom is 0.198 e. The maximum atomic E-state index is 10.0. The Balaban J connectivity index is 1.78. The zero-order chi connectivity index (χ0) is 13.7. The number of aliphatic imine (C=N–C) groups is 1. The molecule has 0 aromatic heterocycles. The molecular formula is C11H17N3O5. The van der Waals surface area contributed by atoms with Crippen LogP contribution in [0.15, 0.2) is 17.3 Å². The quantitative estimate of drug-likeness (QED) is 0.416. The first kappa shape index (κ1) is 12.8. The number of aliphatic hydroxyl groups excluding tert-OH is 3. The molecular weight excluding hydrogens is 254 g/mol. The molecule has 0 saturated carbocycles. The van der Waals surface area contributed by atoms with Crippen molar-refractivity contribution in [2.75, 3.05) is 0 Å². The Bertz CT molecular complexity index is 427. The Morgan fingerprint density at radius 1 is 1.32 bits per heavy atom. The van der Waals surface area contributed by atoms with Gasteiger partial charge in [0.05, 0.1) is 6.10 Å². The topological polar surface area (TPSA) is 124 Å². The molecule has 0 amide bonds. The molecule has 3 aliphatic rings. The minimum atomic E-state index is -1.16. The standard InChI is InChI=1S/C11H17N3O5/c1-4(15)8-6(16)7(17)10(18-8)14-3-2-5(12)13-9-11(14)19-9/h2-4,6-11,15-17H,1H3,(H2,12,13). The summed E-state index contributed by atoms with van der Waals surface area (Å²) >= 11 is 0. The highest BCUT2D eigenvalue weighted by molar-refractivity contribution is 5.91. The third-order valence-electron chi connectivity index (χ3n) is 3.48. The van der Waals surface area contributed by atoms with E-state index in [2.05, 4.69) is 4.99 Å². The number of fused-ring (bicyclic) bond motifs is 1. The van der Waals surface area contributed by atoms with E-state index in [1.54, 1.807) is 17.2 Å². The summed E-state index contributed by atoms with van der Waals surface area (Å²) < 4.78 is 10.8. The highest BCUT2D eigenvalue weighted by atomic mass is 16.6. The van der Waals surface area contributed by atoms with Crippen molar-refractivity contribution in [3.63, 3.8) is 0 Å². The molecule has 2 fully saturated rings. The SMILES string of the molecule is CC(O)C1OC(N2C=CC(N)=NC3OC32)C(O)C1O. The Kier molecular flexibility index (Phi) is 2.99. The van der Waals surface area contributed by atoms with E-state index in [-0.39, 0.29) is 12.5 Å². The number of hydrogen-bond donors (Lipinski definition) is 4. The van der Waals surface area contributed by atoms with Crippen LogP contribution in [0.3, 0.4) is 0 Å². The second-order valence-electron chi connectivity index (χ2n) is 4.95. The molecule has 3 rings (SSSR count). The van der Waals surface area contributed by atoms with Crippen LogP contribution in [-0.2, 0) is 9.47 Å². The number of rotatable bonds is 2. The fourth-order valence-corrected chi connectivity index (χ4v) is 2.41. The van der Waals surface area contributed by atoms with E-state index in [0.717, 1.165) is 0 Å². The molecule has 0 aromatic rings. The molecule has 0 radical (unpaired) electrons. The zero-order valence-corrected chi connectivity index (χ0v) is 10.3. The summed E-state index contributed by atoms with van der Waals surface area (Å²) in [6.45, 7) is 1.50. The van der Waals surface area contributed by atoms with Crippen LogP contribution in [0.4, 0.5) is 0 Å². The first-order valence-corrected chi connectivity index (χ1v) is 6.13. The molecule has 8 heteroatoms. The lowest BCUT2D eigenvalue weighted by Gasteiger charge is -2.27. The average Bonchev–Trinajstić information content (AvgIpc) is 3.04. The van der Waals surface area contributed by atoms with Gasteiger partial charge in [-0.05, 0) is 13.0 Å². The lowest BCUT2D eigenvalue weighted by molar-refractivity contribution is -0.107. The lowest BCUT2D eigenvalue weighted by Crippen LogP contribution is -2.43. The van der Waals surface area contributed by atoms with Crippen LogP contribution >= 0.6 is 0 Å². The molecule has 7 atom stereocenters. The molecule has 0 aliphatic carbocycles. The number of ether oxygens (including phenoxy) is 2. The molecule has 8 nitrogen and oxygen atoms in total. The van der Waals surface area contributed by atoms with Gasteiger partial charge in [0.1, 0.15) is 24.1 Å². The molecule has 0 aromatic carbocycles. The number of hydrogen-bond acceptors (Lipinski definition) is 8. The van der Waals surface area contributed by atoms with E-state index < -0.39 is 30.6 Å². The summed E-state index contributed by atoms with van der Waals surface area (Å²) in [6.07, 6.45) is -2.39. The summed E-state index contributed by atoms with van der Waals surface area (Å²) in [4.78, 5) is 5.68. The lowest BCUT2D eigenvalue weighted by atomic mass is 10.1. The minimum Gasteiger partial charge on any atom is -0.391 e. The predicted octanol–water partition coefficient (Wildman–Crippen LogP) is -2.32. The van der Waals surface area contributed by atoms with Gasteiger partial charge in [0, 0.05) is 6.20 Å². The van der Waals surface area contributed by atoms with Gasteiger partial charge in [-0.2, -0.15) is 0 Å². The van der Waals surface area contributed by atoms with Crippen LogP contribution in [0.25, 0.3) is 0 Å². The summed E-state index contributed by atoms with van der Waals surface area (Å²) in [5.74, 6) is 0.329. The van der Waals surface area contributed by atoms with Crippen molar-refractivity contribution < 1.29 is 24.8 Å². The first-order chi connectivity index (χ1) is 8.99. The molecule has 19 heavy (non-hydrogen) atoms. The highest BCUT2D eigenvalue weighted by Crippen LogP contribution is 2.36. The minimum absolute atomic E-state index is 0.329. The number of aliphatic hydroxyl groups is 3. The van der Waals surface area contributed by atoms with Crippen LogP contribution in [0.2, 0.25) is 0 Å². The summed E-state index contributed by atoms with van der Waals surface area (Å²) in [7, 11) is 0. The van der Waals surface area contributed by atoms with Crippen molar-refractivity contribution in [3.05, 3.63) is 12.3 Å². The Morgan fingerprint density at radius 2 is 2.05 bits per heavy atom. The van der Waals surface area contributed by atoms with Crippen molar-refractivity contribution in [2.24, 2.45) is 10.7 Å². The van der Waals surface area contributed by atoms with Gasteiger partial charge in [-0.25, -0.2) is 4.99 Å². The second kappa shape index (κ2) is 4.43. The molecule has 0 spiro atoms. The molecule has 2 saturated heterocycles. The van der Waals surface area contributed by atoms with Crippen molar-refractivity contribution in [1.29, 1.82) is 0 Å². The molecule has 5 N–H and O–H groups in total. The Morgan fingerprint density at radius 3 is 2.68 bits per heavy atom. The average molecular weight is 271 g/mol. The monoisotopic (exact) mass is 271 g/mol. The van der Waals surface area contributed by atoms with Crippen LogP contribution < -0.4 is 5.73 Å². The number of epoxide rings is 1. The van der Waals surface area contributed by atoms with E-state index in [9.17, 15) is 15.3 Å². The van der Waals surface area contributed by atoms with Gasteiger partial charge in [0.15, 0.2) is 18.7 Å². The summed E-state index contributed by atoms with van der Waals surface area (Å²) in [6, 6.07) is 0. The van der Waals surface area contributed by atoms with E-state index in [1.807, 2.05) is 0 Å². The highest BCUT2D eigenvalue weighted by Gasteiger charge is 2.54. The predicted molar refractivity (Wildman–Crippen MR) is 63.6 cm³/mol. The molecule has 106 valence electrons. The second-order valence-corrected chi connectivity index (χ2v) is 4.95. The van der Waals surface area contributed by atoms with Gasteiger partial charge in [0.2, 0.25) is 0 Å². The van der Waals surface area contributed by atoms with Crippen molar-refractivity contribution >= 4 is 5.84 Å². The van der Waals surface area contributed by atoms with Crippen LogP contribution in [0.5, 0.6) is 0 Å². The fraction of sp³-hybridized carbons (Fsp3) is 0.727. The van der Waals surface area contributed by atoms with Gasteiger partial charge in [-0.1, -0.05) is 0 Å². The van der Waals surface area contributed by atoms with Gasteiger partial charge in [0.25, 0.3) is 0 Å². The first-order valence-electron chi connectivity index (χ1n) is 6.13. The normalized spacial score (nSPS) is 46.5. The maximum absolute atomic E-state index is 10.0. The zero-order valence-electron chi connectivity index (χ0n) is 10.3. The largest absolute Gasteiger partial charge is 0.391 e. The van der Waals surface area contributed by atoms with Crippen molar-refractivity contribution in [1.82, 2.24) is 4.90 Å². The molecule has 3 heterocycles. The van der Waals surface area contributed by atoms with Crippen LogP contribution in [0, 0.1) is 0 Å². The third kappa shape index (κ3) is 2.11. The van der Waals surface area contributed by atoms with E-state index >= 15 is 0 Å². The molecule has 3 aliphatic heterocycles. The summed E-state index contributed by atoms with van der Waals surface area (Å²) in [5, 5.41) is 29.4. The molecule has 0 bridgehead atoms. The number of nitrogens with two attached hydrogens (primary N) is 1. The van der Waals surface area contributed by atoms with Crippen molar-refractivity contribution in [2.45, 2.75) is 50.0 Å². The van der Waals surface area contributed by atoms with E-state index in [0.29, 0.717) is 5.84 Å². The smallest absolute Gasteiger partial charge is 0.198 e. The van der Waals surface area contributed by atoms with Gasteiger partial charge in [-0.3, -0.25) is 0 Å². The van der Waals surface area contributed by atoms with E-state index in [1.165, 1.54) is 6.92 Å². The van der Waals surface area contributed by atoms with Gasteiger partial charge in [-0.15, -0.1) is 0 Å².